The van der Waals surface area contributed by atoms with E-state index in [4.69, 9.17) is 0 Å². The number of hydrogen-bond acceptors (Lipinski definition) is 2. The van der Waals surface area contributed by atoms with E-state index >= 15 is 0 Å². The minimum absolute atomic E-state index is 0. The number of hydrogen-bond donors (Lipinski definition) is 0. The topological polar surface area (TPSA) is 6.48 Å². The first-order chi connectivity index (χ1) is 6.36. The fourth-order valence-corrected chi connectivity index (χ4v) is 3.40. The number of halogens is 1. The molecule has 0 radical (unpaired) electrons. The van der Waals surface area contributed by atoms with Crippen molar-refractivity contribution in [3.05, 3.63) is 12.7 Å². The van der Waals surface area contributed by atoms with Crippen molar-refractivity contribution >= 4 is 0 Å². The van der Waals surface area contributed by atoms with Crippen molar-refractivity contribution in [2.75, 3.05) is 45.8 Å². The van der Waals surface area contributed by atoms with Crippen LogP contribution < -0.4 is 17.0 Å². The van der Waals surface area contributed by atoms with E-state index in [9.17, 15) is 0 Å². The summed E-state index contributed by atoms with van der Waals surface area (Å²) in [6.07, 6.45) is 2.82. The Bertz CT molecular complexity index is 228. The standard InChI is InChI=1S/C10H18N3.BrH/c1-2-7-13-8-5-11-3-4-12(6-9-13)10(11)13;/h2,10H,1,3-9H2;1H/q+1;/p-1. The summed E-state index contributed by atoms with van der Waals surface area (Å²) >= 11 is 0. The fraction of sp³-hybridized carbons (Fsp3) is 0.800. The molecule has 3 aliphatic heterocycles. The predicted octanol–water partition coefficient (Wildman–Crippen LogP) is -3.08. The van der Waals surface area contributed by atoms with Crippen LogP contribution >= 0.6 is 0 Å². The van der Waals surface area contributed by atoms with Gasteiger partial charge in [-0.15, -0.1) is 0 Å². The molecular formula is C10H18BrN3. The van der Waals surface area contributed by atoms with Gasteiger partial charge >= 0.3 is 0 Å². The Morgan fingerprint density at radius 3 is 2.21 bits per heavy atom. The van der Waals surface area contributed by atoms with Crippen molar-refractivity contribution in [1.29, 1.82) is 0 Å². The number of nitrogens with zero attached hydrogens (tertiary/aromatic N) is 3. The molecule has 0 spiro atoms. The van der Waals surface area contributed by atoms with E-state index in [1.165, 1.54) is 43.8 Å². The average molecular weight is 260 g/mol. The minimum Gasteiger partial charge on any atom is -1.00 e. The van der Waals surface area contributed by atoms with E-state index < -0.39 is 0 Å². The van der Waals surface area contributed by atoms with Crippen molar-refractivity contribution in [3.8, 4) is 0 Å². The molecule has 80 valence electrons. The first-order valence-corrected chi connectivity index (χ1v) is 5.30. The first-order valence-electron chi connectivity index (χ1n) is 5.30. The monoisotopic (exact) mass is 259 g/mol. The Balaban J connectivity index is 0.000000750. The third-order valence-corrected chi connectivity index (χ3v) is 3.98. The van der Waals surface area contributed by atoms with Gasteiger partial charge in [0, 0.05) is 13.1 Å². The van der Waals surface area contributed by atoms with Crippen LogP contribution in [0.5, 0.6) is 0 Å². The van der Waals surface area contributed by atoms with Crippen molar-refractivity contribution in [1.82, 2.24) is 9.80 Å². The third kappa shape index (κ3) is 1.21. The third-order valence-electron chi connectivity index (χ3n) is 3.98. The van der Waals surface area contributed by atoms with Gasteiger partial charge in [-0.25, -0.2) is 9.80 Å². The molecule has 0 amide bonds. The summed E-state index contributed by atoms with van der Waals surface area (Å²) < 4.78 is 1.28. The summed E-state index contributed by atoms with van der Waals surface area (Å²) in [5.74, 6) is 0. The molecule has 0 atom stereocenters. The molecule has 3 nitrogen and oxygen atoms in total. The van der Waals surface area contributed by atoms with Gasteiger partial charge in [-0.3, -0.25) is 4.48 Å². The number of rotatable bonds is 2. The lowest BCUT2D eigenvalue weighted by molar-refractivity contribution is -0.931. The van der Waals surface area contributed by atoms with Crippen LogP contribution in [0, 0.1) is 0 Å². The number of quaternary nitrogens is 1. The smallest absolute Gasteiger partial charge is 0.206 e. The van der Waals surface area contributed by atoms with Crippen LogP contribution in [0.2, 0.25) is 0 Å². The highest BCUT2D eigenvalue weighted by Gasteiger charge is 2.56. The van der Waals surface area contributed by atoms with Gasteiger partial charge in [-0.05, 0) is 6.08 Å². The lowest BCUT2D eigenvalue weighted by atomic mass is 10.4. The molecule has 0 saturated carbocycles. The normalized spacial score (nSPS) is 41.0. The quantitative estimate of drug-likeness (QED) is 0.384. The zero-order valence-electron chi connectivity index (χ0n) is 8.53. The largest absolute Gasteiger partial charge is 1.00 e. The lowest BCUT2D eigenvalue weighted by Gasteiger charge is -2.33. The molecule has 4 heteroatoms. The zero-order chi connectivity index (χ0) is 8.89. The Morgan fingerprint density at radius 1 is 1.14 bits per heavy atom. The predicted molar refractivity (Wildman–Crippen MR) is 52.0 cm³/mol. The van der Waals surface area contributed by atoms with Gasteiger partial charge in [0.25, 0.3) is 0 Å². The van der Waals surface area contributed by atoms with Gasteiger partial charge in [-0.2, -0.15) is 0 Å². The molecule has 3 aliphatic rings. The highest BCUT2D eigenvalue weighted by molar-refractivity contribution is 4.87. The second-order valence-corrected chi connectivity index (χ2v) is 4.56. The molecular weight excluding hydrogens is 242 g/mol. The van der Waals surface area contributed by atoms with E-state index in [1.54, 1.807) is 0 Å². The van der Waals surface area contributed by atoms with Crippen molar-refractivity contribution in [3.63, 3.8) is 0 Å². The summed E-state index contributed by atoms with van der Waals surface area (Å²) in [4.78, 5) is 5.30. The molecule has 14 heavy (non-hydrogen) atoms. The van der Waals surface area contributed by atoms with E-state index in [2.05, 4.69) is 22.5 Å². The summed E-state index contributed by atoms with van der Waals surface area (Å²) in [6, 6.07) is 0. The van der Waals surface area contributed by atoms with Gasteiger partial charge in [0.05, 0.1) is 32.7 Å². The van der Waals surface area contributed by atoms with Crippen molar-refractivity contribution < 1.29 is 21.5 Å². The minimum atomic E-state index is 0. The Kier molecular flexibility index (Phi) is 2.72. The average Bonchev–Trinajstić information content (AvgIpc) is 2.70. The molecule has 0 aromatic rings. The van der Waals surface area contributed by atoms with Crippen LogP contribution in [0.3, 0.4) is 0 Å². The molecule has 3 rings (SSSR count). The van der Waals surface area contributed by atoms with Gasteiger partial charge in [0.2, 0.25) is 6.29 Å². The molecule has 0 aromatic carbocycles. The molecule has 0 N–H and O–H groups in total. The molecule has 3 saturated heterocycles. The fourth-order valence-electron chi connectivity index (χ4n) is 3.40. The van der Waals surface area contributed by atoms with E-state index in [-0.39, 0.29) is 17.0 Å². The SMILES string of the molecule is C=CC[N+]12CCN3CCN(CC1)C32.[Br-]. The Labute approximate surface area is 96.3 Å². The van der Waals surface area contributed by atoms with Gasteiger partial charge in [-0.1, -0.05) is 6.58 Å². The summed E-state index contributed by atoms with van der Waals surface area (Å²) in [5.41, 5.74) is 0. The zero-order valence-corrected chi connectivity index (χ0v) is 10.1. The molecule has 0 aliphatic carbocycles. The maximum Gasteiger partial charge on any atom is 0.206 e. The van der Waals surface area contributed by atoms with Crippen molar-refractivity contribution in [2.24, 2.45) is 0 Å². The van der Waals surface area contributed by atoms with Crippen LogP contribution in [-0.4, -0.2) is 66.4 Å². The van der Waals surface area contributed by atoms with Crippen LogP contribution in [0.15, 0.2) is 12.7 Å². The molecule has 0 aromatic heterocycles. The van der Waals surface area contributed by atoms with E-state index in [0.717, 1.165) is 12.8 Å². The lowest BCUT2D eigenvalue weighted by Crippen LogP contribution is -3.00. The second-order valence-electron chi connectivity index (χ2n) is 4.56. The van der Waals surface area contributed by atoms with E-state index in [0.29, 0.717) is 0 Å². The summed E-state index contributed by atoms with van der Waals surface area (Å²) in [5, 5.41) is 0. The van der Waals surface area contributed by atoms with Gasteiger partial charge < -0.3 is 17.0 Å². The van der Waals surface area contributed by atoms with Crippen LogP contribution in [0.25, 0.3) is 0 Å². The highest BCUT2D eigenvalue weighted by atomic mass is 79.9. The van der Waals surface area contributed by atoms with Crippen LogP contribution in [-0.2, 0) is 0 Å². The summed E-state index contributed by atoms with van der Waals surface area (Å²) in [7, 11) is 0. The highest BCUT2D eigenvalue weighted by Crippen LogP contribution is 2.35. The molecule has 3 fully saturated rings. The van der Waals surface area contributed by atoms with Crippen molar-refractivity contribution in [2.45, 2.75) is 6.29 Å². The van der Waals surface area contributed by atoms with Crippen LogP contribution in [0.1, 0.15) is 0 Å². The maximum absolute atomic E-state index is 3.90. The van der Waals surface area contributed by atoms with Gasteiger partial charge in [0.1, 0.15) is 0 Å². The van der Waals surface area contributed by atoms with E-state index in [1.807, 2.05) is 0 Å². The molecule has 3 heterocycles. The van der Waals surface area contributed by atoms with Crippen LogP contribution in [0.4, 0.5) is 0 Å². The molecule has 0 bridgehead atoms. The Hall–Kier alpha value is 0.100. The maximum atomic E-state index is 3.90. The second kappa shape index (κ2) is 3.59. The summed E-state index contributed by atoms with van der Waals surface area (Å²) in [6.45, 7) is 12.9. The Morgan fingerprint density at radius 2 is 1.71 bits per heavy atom. The molecule has 0 unspecified atom stereocenters. The van der Waals surface area contributed by atoms with Gasteiger partial charge in [0.15, 0.2) is 0 Å². The first kappa shape index (κ1) is 10.6.